The van der Waals surface area contributed by atoms with E-state index in [-0.39, 0.29) is 11.8 Å². The maximum absolute atomic E-state index is 13.3. The Kier molecular flexibility index (Phi) is 8.81. The highest BCUT2D eigenvalue weighted by atomic mass is 16.5. The number of amides is 2. The lowest BCUT2D eigenvalue weighted by Gasteiger charge is -2.23. The Hall–Kier alpha value is -4.40. The number of hydrogen-bond acceptors (Lipinski definition) is 7. The van der Waals surface area contributed by atoms with Crippen molar-refractivity contribution in [1.29, 1.82) is 0 Å². The van der Waals surface area contributed by atoms with Crippen LogP contribution in [0.3, 0.4) is 0 Å². The van der Waals surface area contributed by atoms with Crippen LogP contribution in [0.5, 0.6) is 28.7 Å². The number of hydrogen-bond donors (Lipinski definition) is 1. The van der Waals surface area contributed by atoms with Gasteiger partial charge >= 0.3 is 0 Å². The van der Waals surface area contributed by atoms with Crippen LogP contribution in [0.1, 0.15) is 34.8 Å². The summed E-state index contributed by atoms with van der Waals surface area (Å²) in [6, 6.07) is 16.1. The Balaban J connectivity index is 1.53. The number of carbonyl (C=O) groups excluding carboxylic acids is 2. The molecule has 1 atom stereocenters. The van der Waals surface area contributed by atoms with Gasteiger partial charge in [0.1, 0.15) is 5.75 Å². The minimum Gasteiger partial charge on any atom is -0.493 e. The van der Waals surface area contributed by atoms with Gasteiger partial charge in [0.2, 0.25) is 0 Å². The van der Waals surface area contributed by atoms with Gasteiger partial charge in [-0.2, -0.15) is 0 Å². The van der Waals surface area contributed by atoms with Crippen LogP contribution >= 0.6 is 0 Å². The van der Waals surface area contributed by atoms with Gasteiger partial charge in [-0.15, -0.1) is 0 Å². The maximum Gasteiger partial charge on any atom is 0.263 e. The molecule has 0 radical (unpaired) electrons. The Bertz CT molecular complexity index is 1340. The smallest absolute Gasteiger partial charge is 0.263 e. The van der Waals surface area contributed by atoms with Gasteiger partial charge in [-0.3, -0.25) is 9.59 Å². The summed E-state index contributed by atoms with van der Waals surface area (Å²) in [5, 5.41) is 2.93. The molecule has 1 aliphatic rings. The van der Waals surface area contributed by atoms with Gasteiger partial charge in [-0.1, -0.05) is 13.0 Å². The molecule has 0 saturated carbocycles. The quantitative estimate of drug-likeness (QED) is 0.402. The van der Waals surface area contributed by atoms with Crippen LogP contribution in [0, 0.1) is 0 Å². The minimum atomic E-state index is -0.580. The minimum absolute atomic E-state index is 0.0647. The highest BCUT2D eigenvalue weighted by molar-refractivity contribution is 6.04. The molecule has 0 unspecified atom stereocenters. The number of benzene rings is 3. The first kappa shape index (κ1) is 27.6. The molecular formula is C30H34N2O7. The summed E-state index contributed by atoms with van der Waals surface area (Å²) >= 11 is 0. The monoisotopic (exact) mass is 534 g/mol. The van der Waals surface area contributed by atoms with E-state index in [1.165, 1.54) is 7.11 Å². The molecule has 1 aliphatic heterocycles. The predicted octanol–water partition coefficient (Wildman–Crippen LogP) is 4.72. The van der Waals surface area contributed by atoms with Crippen molar-refractivity contribution >= 4 is 17.5 Å². The van der Waals surface area contributed by atoms with Gasteiger partial charge in [-0.25, -0.2) is 0 Å². The highest BCUT2D eigenvalue weighted by Gasteiger charge is 2.30. The molecule has 0 fully saturated rings. The van der Waals surface area contributed by atoms with Gasteiger partial charge in [0.05, 0.1) is 28.4 Å². The highest BCUT2D eigenvalue weighted by Crippen LogP contribution is 2.32. The number of anilines is 1. The van der Waals surface area contributed by atoms with Gasteiger partial charge < -0.3 is 33.9 Å². The van der Waals surface area contributed by atoms with E-state index in [4.69, 9.17) is 23.7 Å². The number of carbonyl (C=O) groups is 2. The lowest BCUT2D eigenvalue weighted by Crippen LogP contribution is -2.40. The first-order valence-corrected chi connectivity index (χ1v) is 12.7. The zero-order chi connectivity index (χ0) is 27.9. The fraction of sp³-hybridized carbons (Fsp3) is 0.333. The second-order valence-corrected chi connectivity index (χ2v) is 9.06. The average Bonchev–Trinajstić information content (AvgIpc) is 3.10. The third-order valence-electron chi connectivity index (χ3n) is 6.67. The Morgan fingerprint density at radius 3 is 2.23 bits per heavy atom. The van der Waals surface area contributed by atoms with E-state index in [1.807, 2.05) is 31.2 Å². The molecule has 0 saturated heterocycles. The van der Waals surface area contributed by atoms with E-state index in [2.05, 4.69) is 5.32 Å². The van der Waals surface area contributed by atoms with Gasteiger partial charge in [0.25, 0.3) is 11.8 Å². The van der Waals surface area contributed by atoms with Gasteiger partial charge in [0.15, 0.2) is 29.1 Å². The van der Waals surface area contributed by atoms with Crippen LogP contribution in [0.15, 0.2) is 54.6 Å². The number of ether oxygens (including phenoxy) is 5. The van der Waals surface area contributed by atoms with Crippen molar-refractivity contribution in [3.63, 3.8) is 0 Å². The van der Waals surface area contributed by atoms with E-state index in [0.29, 0.717) is 65.9 Å². The van der Waals surface area contributed by atoms with E-state index in [0.717, 1.165) is 11.1 Å². The molecule has 2 amide bonds. The van der Waals surface area contributed by atoms with E-state index >= 15 is 0 Å². The molecule has 0 aromatic heterocycles. The summed E-state index contributed by atoms with van der Waals surface area (Å²) in [7, 11) is 6.26. The SMILES string of the molecule is CC[C@H]1Oc2ccc(NC(=O)c3ccc(OC)c(OC)c3)cc2CN(CCc2ccc(OC)c(OC)c2)C1=O. The molecule has 0 bridgehead atoms. The Morgan fingerprint density at radius 2 is 1.56 bits per heavy atom. The van der Waals surface area contributed by atoms with Crippen molar-refractivity contribution < 1.29 is 33.3 Å². The first-order valence-electron chi connectivity index (χ1n) is 12.7. The number of nitrogens with zero attached hydrogens (tertiary/aromatic N) is 1. The first-order chi connectivity index (χ1) is 18.9. The lowest BCUT2D eigenvalue weighted by atomic mass is 10.1. The third kappa shape index (κ3) is 6.19. The normalized spacial score (nSPS) is 14.5. The number of fused-ring (bicyclic) bond motifs is 1. The fourth-order valence-corrected chi connectivity index (χ4v) is 4.51. The van der Waals surface area contributed by atoms with E-state index < -0.39 is 6.10 Å². The Labute approximate surface area is 228 Å². The summed E-state index contributed by atoms with van der Waals surface area (Å²) in [6.07, 6.45) is 0.597. The molecule has 3 aromatic carbocycles. The molecule has 1 N–H and O–H groups in total. The van der Waals surface area contributed by atoms with Gasteiger partial charge in [-0.05, 0) is 66.9 Å². The van der Waals surface area contributed by atoms with Crippen LogP contribution in [0.25, 0.3) is 0 Å². The second kappa shape index (κ2) is 12.4. The summed E-state index contributed by atoms with van der Waals surface area (Å²) < 4.78 is 27.4. The molecule has 39 heavy (non-hydrogen) atoms. The standard InChI is InChI=1S/C30H34N2O7/c1-6-23-30(34)32(14-13-19-7-10-25(35-2)27(15-19)37-4)18-21-16-22(9-12-24(21)39-23)31-29(33)20-8-11-26(36-3)28(17-20)38-5/h7-12,15-17,23H,6,13-14,18H2,1-5H3,(H,31,33)/t23-/m1/s1. The Morgan fingerprint density at radius 1 is 0.897 bits per heavy atom. The molecule has 9 nitrogen and oxygen atoms in total. The lowest BCUT2D eigenvalue weighted by molar-refractivity contribution is -0.138. The number of nitrogens with one attached hydrogen (secondary N) is 1. The van der Waals surface area contributed by atoms with Crippen molar-refractivity contribution in [1.82, 2.24) is 4.90 Å². The summed E-state index contributed by atoms with van der Waals surface area (Å²) in [5.41, 5.74) is 2.86. The van der Waals surface area contributed by atoms with Crippen molar-refractivity contribution in [2.45, 2.75) is 32.4 Å². The fourth-order valence-electron chi connectivity index (χ4n) is 4.51. The van der Waals surface area contributed by atoms with Crippen LogP contribution < -0.4 is 29.0 Å². The zero-order valence-corrected chi connectivity index (χ0v) is 22.9. The van der Waals surface area contributed by atoms with E-state index in [1.54, 1.807) is 56.6 Å². The van der Waals surface area contributed by atoms with Crippen molar-refractivity contribution in [2.75, 3.05) is 40.3 Å². The summed E-state index contributed by atoms with van der Waals surface area (Å²) in [6.45, 7) is 2.78. The van der Waals surface area contributed by atoms with Crippen molar-refractivity contribution in [3.05, 3.63) is 71.3 Å². The molecule has 0 spiro atoms. The van der Waals surface area contributed by atoms with Crippen LogP contribution in [0.2, 0.25) is 0 Å². The van der Waals surface area contributed by atoms with Gasteiger partial charge in [0, 0.05) is 29.9 Å². The molecule has 3 aromatic rings. The molecule has 9 heteroatoms. The average molecular weight is 535 g/mol. The van der Waals surface area contributed by atoms with Crippen LogP contribution in [0.4, 0.5) is 5.69 Å². The molecule has 206 valence electrons. The molecule has 4 rings (SSSR count). The summed E-state index contributed by atoms with van der Waals surface area (Å²) in [4.78, 5) is 28.1. The van der Waals surface area contributed by atoms with Crippen LogP contribution in [-0.2, 0) is 17.8 Å². The number of rotatable bonds is 10. The molecular weight excluding hydrogens is 500 g/mol. The predicted molar refractivity (Wildman–Crippen MR) is 147 cm³/mol. The van der Waals surface area contributed by atoms with E-state index in [9.17, 15) is 9.59 Å². The topological polar surface area (TPSA) is 95.6 Å². The maximum atomic E-state index is 13.3. The summed E-state index contributed by atoms with van der Waals surface area (Å²) in [5.74, 6) is 2.58. The van der Waals surface area contributed by atoms with Crippen LogP contribution in [-0.4, -0.2) is 57.8 Å². The second-order valence-electron chi connectivity index (χ2n) is 9.06. The zero-order valence-electron chi connectivity index (χ0n) is 22.9. The third-order valence-corrected chi connectivity index (χ3v) is 6.67. The molecule has 1 heterocycles. The number of methoxy groups -OCH3 is 4. The molecule has 0 aliphatic carbocycles. The van der Waals surface area contributed by atoms with Crippen molar-refractivity contribution in [3.8, 4) is 28.7 Å². The van der Waals surface area contributed by atoms with Crippen molar-refractivity contribution in [2.24, 2.45) is 0 Å². The largest absolute Gasteiger partial charge is 0.493 e.